The first-order chi connectivity index (χ1) is 13.5. The summed E-state index contributed by atoms with van der Waals surface area (Å²) in [5.74, 6) is 0.880. The number of hydrogen-bond acceptors (Lipinski definition) is 3. The van der Waals surface area contributed by atoms with Gasteiger partial charge in [-0.3, -0.25) is 9.79 Å². The quantitative estimate of drug-likeness (QED) is 0.257. The second kappa shape index (κ2) is 10.8. The van der Waals surface area contributed by atoms with Gasteiger partial charge in [-0.1, -0.05) is 40.2 Å². The highest BCUT2D eigenvalue weighted by molar-refractivity contribution is 14.0. The largest absolute Gasteiger partial charge is 0.484 e. The maximum atomic E-state index is 10.8. The Morgan fingerprint density at radius 3 is 2.62 bits per heavy atom. The fourth-order valence-corrected chi connectivity index (χ4v) is 3.50. The Hall–Kier alpha value is -1.81. The highest BCUT2D eigenvalue weighted by atomic mass is 127. The molecule has 0 spiro atoms. The van der Waals surface area contributed by atoms with Crippen molar-refractivity contribution in [3.05, 3.63) is 64.1 Å². The van der Waals surface area contributed by atoms with E-state index in [1.54, 1.807) is 13.1 Å². The average molecular weight is 573 g/mol. The highest BCUT2D eigenvalue weighted by Crippen LogP contribution is 2.48. The Bertz CT molecular complexity index is 871. The lowest BCUT2D eigenvalue weighted by molar-refractivity contribution is -0.119. The minimum Gasteiger partial charge on any atom is -0.484 e. The van der Waals surface area contributed by atoms with Crippen LogP contribution in [0.4, 0.5) is 0 Å². The minimum atomic E-state index is -0.493. The standard InChI is InChI=1S/C21H25BrN4O2.HI/c1-24-20(25-12-15-4-2-7-18(10-15)28-13-19(23)27)26-14-21(8-9-21)16-5-3-6-17(22)11-16;/h2-7,10-11H,8-9,12-14H2,1H3,(H2,23,27)(H2,24,25,26);1H. The van der Waals surface area contributed by atoms with Crippen LogP contribution in [0.15, 0.2) is 58.0 Å². The summed E-state index contributed by atoms with van der Waals surface area (Å²) in [6, 6.07) is 16.1. The van der Waals surface area contributed by atoms with Crippen LogP contribution in [0.2, 0.25) is 0 Å². The molecule has 156 valence electrons. The van der Waals surface area contributed by atoms with E-state index in [4.69, 9.17) is 10.5 Å². The molecular formula is C21H26BrIN4O2. The van der Waals surface area contributed by atoms with Crippen molar-refractivity contribution in [1.29, 1.82) is 0 Å². The normalized spacial score (nSPS) is 14.5. The van der Waals surface area contributed by atoms with Gasteiger partial charge in [0.2, 0.25) is 0 Å². The summed E-state index contributed by atoms with van der Waals surface area (Å²) in [4.78, 5) is 15.2. The molecule has 0 bridgehead atoms. The molecule has 0 atom stereocenters. The Kier molecular flexibility index (Phi) is 8.76. The smallest absolute Gasteiger partial charge is 0.255 e. The average Bonchev–Trinajstić information content (AvgIpc) is 3.48. The van der Waals surface area contributed by atoms with Crippen molar-refractivity contribution in [2.45, 2.75) is 24.8 Å². The molecule has 0 saturated heterocycles. The SMILES string of the molecule is CN=C(NCc1cccc(OCC(N)=O)c1)NCC1(c2cccc(Br)c2)CC1.I. The molecule has 0 unspecified atom stereocenters. The molecule has 0 aromatic heterocycles. The number of aliphatic imine (C=N–C) groups is 1. The number of guanidine groups is 1. The van der Waals surface area contributed by atoms with Crippen molar-refractivity contribution in [3.8, 4) is 5.75 Å². The number of ether oxygens (including phenoxy) is 1. The second-order valence-corrected chi connectivity index (χ2v) is 7.89. The number of carbonyl (C=O) groups excluding carboxylic acids is 1. The molecule has 4 N–H and O–H groups in total. The number of nitrogens with one attached hydrogen (secondary N) is 2. The number of primary amides is 1. The Balaban J connectivity index is 0.00000300. The molecule has 0 radical (unpaired) electrons. The summed E-state index contributed by atoms with van der Waals surface area (Å²) >= 11 is 3.56. The zero-order valence-electron chi connectivity index (χ0n) is 16.3. The third-order valence-corrected chi connectivity index (χ3v) is 5.34. The van der Waals surface area contributed by atoms with Crippen molar-refractivity contribution in [3.63, 3.8) is 0 Å². The monoisotopic (exact) mass is 572 g/mol. The molecule has 1 aliphatic rings. The maximum absolute atomic E-state index is 10.8. The van der Waals surface area contributed by atoms with Crippen LogP contribution in [-0.2, 0) is 16.8 Å². The van der Waals surface area contributed by atoms with Gasteiger partial charge in [-0.2, -0.15) is 0 Å². The number of nitrogens with zero attached hydrogens (tertiary/aromatic N) is 1. The molecule has 1 fully saturated rings. The molecule has 0 heterocycles. The van der Waals surface area contributed by atoms with Gasteiger partial charge < -0.3 is 21.1 Å². The predicted molar refractivity (Wildman–Crippen MR) is 130 cm³/mol. The van der Waals surface area contributed by atoms with Crippen molar-refractivity contribution in [2.75, 3.05) is 20.2 Å². The van der Waals surface area contributed by atoms with Gasteiger partial charge in [0, 0.05) is 30.0 Å². The number of nitrogens with two attached hydrogens (primary N) is 1. The van der Waals surface area contributed by atoms with Crippen LogP contribution >= 0.6 is 39.9 Å². The van der Waals surface area contributed by atoms with Crippen molar-refractivity contribution >= 4 is 51.8 Å². The zero-order valence-corrected chi connectivity index (χ0v) is 20.2. The van der Waals surface area contributed by atoms with Crippen LogP contribution in [0.25, 0.3) is 0 Å². The van der Waals surface area contributed by atoms with Gasteiger partial charge in [0.15, 0.2) is 12.6 Å². The third kappa shape index (κ3) is 6.88. The van der Waals surface area contributed by atoms with Gasteiger partial charge >= 0.3 is 0 Å². The molecular weight excluding hydrogens is 547 g/mol. The second-order valence-electron chi connectivity index (χ2n) is 6.97. The maximum Gasteiger partial charge on any atom is 0.255 e. The van der Waals surface area contributed by atoms with Crippen molar-refractivity contribution < 1.29 is 9.53 Å². The predicted octanol–water partition coefficient (Wildman–Crippen LogP) is 3.33. The Morgan fingerprint density at radius 1 is 1.21 bits per heavy atom. The van der Waals surface area contributed by atoms with Gasteiger partial charge in [0.1, 0.15) is 5.75 Å². The summed E-state index contributed by atoms with van der Waals surface area (Å²) in [6.07, 6.45) is 2.35. The third-order valence-electron chi connectivity index (χ3n) is 4.85. The lowest BCUT2D eigenvalue weighted by Gasteiger charge is -2.19. The van der Waals surface area contributed by atoms with Crippen LogP contribution in [-0.4, -0.2) is 32.1 Å². The number of rotatable bonds is 8. The van der Waals surface area contributed by atoms with Crippen molar-refractivity contribution in [2.24, 2.45) is 10.7 Å². The van der Waals surface area contributed by atoms with Crippen LogP contribution in [0.5, 0.6) is 5.75 Å². The molecule has 1 aliphatic carbocycles. The Morgan fingerprint density at radius 2 is 1.97 bits per heavy atom. The Labute approximate surface area is 196 Å². The molecule has 6 nitrogen and oxygen atoms in total. The number of halogens is 2. The topological polar surface area (TPSA) is 88.7 Å². The number of hydrogen-bond donors (Lipinski definition) is 3. The van der Waals surface area contributed by atoms with E-state index in [0.717, 1.165) is 22.5 Å². The molecule has 0 aliphatic heterocycles. The fourth-order valence-electron chi connectivity index (χ4n) is 3.10. The van der Waals surface area contributed by atoms with Crippen LogP contribution < -0.4 is 21.1 Å². The summed E-state index contributed by atoms with van der Waals surface area (Å²) in [5, 5.41) is 6.77. The zero-order chi connectivity index (χ0) is 20.0. The van der Waals surface area contributed by atoms with E-state index in [9.17, 15) is 4.79 Å². The first kappa shape index (κ1) is 23.5. The van der Waals surface area contributed by atoms with E-state index >= 15 is 0 Å². The number of benzene rings is 2. The van der Waals surface area contributed by atoms with Crippen LogP contribution in [0.3, 0.4) is 0 Å². The molecule has 2 aromatic carbocycles. The molecule has 1 saturated carbocycles. The molecule has 8 heteroatoms. The highest BCUT2D eigenvalue weighted by Gasteiger charge is 2.44. The minimum absolute atomic E-state index is 0. The summed E-state index contributed by atoms with van der Waals surface area (Å²) in [6.45, 7) is 1.31. The number of amides is 1. The van der Waals surface area contributed by atoms with E-state index < -0.39 is 5.91 Å². The molecule has 2 aromatic rings. The van der Waals surface area contributed by atoms with E-state index in [1.807, 2.05) is 18.2 Å². The molecule has 29 heavy (non-hydrogen) atoms. The van der Waals surface area contributed by atoms with Crippen LogP contribution in [0, 0.1) is 0 Å². The van der Waals surface area contributed by atoms with Gasteiger partial charge in [-0.15, -0.1) is 24.0 Å². The lowest BCUT2D eigenvalue weighted by Crippen LogP contribution is -2.40. The summed E-state index contributed by atoms with van der Waals surface area (Å²) < 4.78 is 6.46. The molecule has 3 rings (SSSR count). The first-order valence-electron chi connectivity index (χ1n) is 9.21. The molecule has 1 amide bonds. The van der Waals surface area contributed by atoms with Gasteiger partial charge in [0.25, 0.3) is 5.91 Å². The van der Waals surface area contributed by atoms with E-state index in [2.05, 4.69) is 55.8 Å². The van der Waals surface area contributed by atoms with E-state index in [-0.39, 0.29) is 36.0 Å². The van der Waals surface area contributed by atoms with Gasteiger partial charge in [-0.25, -0.2) is 0 Å². The summed E-state index contributed by atoms with van der Waals surface area (Å²) in [5.41, 5.74) is 7.68. The van der Waals surface area contributed by atoms with E-state index in [0.29, 0.717) is 12.3 Å². The van der Waals surface area contributed by atoms with Gasteiger partial charge in [-0.05, 0) is 48.2 Å². The van der Waals surface area contributed by atoms with E-state index in [1.165, 1.54) is 18.4 Å². The number of carbonyl (C=O) groups is 1. The lowest BCUT2D eigenvalue weighted by atomic mass is 9.96. The van der Waals surface area contributed by atoms with Crippen molar-refractivity contribution in [1.82, 2.24) is 10.6 Å². The van der Waals surface area contributed by atoms with Crippen LogP contribution in [0.1, 0.15) is 24.0 Å². The first-order valence-corrected chi connectivity index (χ1v) is 10.0. The van der Waals surface area contributed by atoms with Gasteiger partial charge in [0.05, 0.1) is 0 Å². The fraction of sp³-hybridized carbons (Fsp3) is 0.333. The summed E-state index contributed by atoms with van der Waals surface area (Å²) in [7, 11) is 1.76.